The van der Waals surface area contributed by atoms with E-state index in [0.29, 0.717) is 12.2 Å². The Morgan fingerprint density at radius 1 is 1.38 bits per heavy atom. The van der Waals surface area contributed by atoms with E-state index in [9.17, 15) is 4.79 Å². The summed E-state index contributed by atoms with van der Waals surface area (Å²) in [6.45, 7) is 10.7. The predicted molar refractivity (Wildman–Crippen MR) is 76.9 cm³/mol. The van der Waals surface area contributed by atoms with E-state index in [0.717, 1.165) is 12.2 Å². The van der Waals surface area contributed by atoms with Crippen LogP contribution < -0.4 is 0 Å². The fourth-order valence-electron chi connectivity index (χ4n) is 1.94. The molecule has 0 saturated carbocycles. The molecule has 0 aliphatic rings. The Morgan fingerprint density at radius 3 is 2.71 bits per heavy atom. The highest BCUT2D eigenvalue weighted by Gasteiger charge is 2.23. The van der Waals surface area contributed by atoms with Crippen molar-refractivity contribution in [1.82, 2.24) is 24.5 Å². The summed E-state index contributed by atoms with van der Waals surface area (Å²) in [7, 11) is 0. The van der Waals surface area contributed by atoms with E-state index in [4.69, 9.17) is 4.74 Å². The maximum atomic E-state index is 12.1. The van der Waals surface area contributed by atoms with E-state index in [1.807, 2.05) is 39.2 Å². The van der Waals surface area contributed by atoms with E-state index in [2.05, 4.69) is 15.3 Å². The zero-order chi connectivity index (χ0) is 15.6. The lowest BCUT2D eigenvalue weighted by molar-refractivity contribution is 0.00619. The largest absolute Gasteiger partial charge is 0.455 e. The van der Waals surface area contributed by atoms with Gasteiger partial charge in [-0.2, -0.15) is 0 Å². The van der Waals surface area contributed by atoms with Crippen molar-refractivity contribution in [2.45, 2.75) is 53.3 Å². The highest BCUT2D eigenvalue weighted by molar-refractivity contribution is 5.88. The molecule has 0 aliphatic heterocycles. The highest BCUT2D eigenvalue weighted by Crippen LogP contribution is 2.14. The molecule has 0 saturated heterocycles. The van der Waals surface area contributed by atoms with Crippen molar-refractivity contribution in [3.8, 4) is 0 Å². The lowest BCUT2D eigenvalue weighted by Gasteiger charge is -2.18. The number of aromatic nitrogens is 5. The molecular formula is C14H21N5O2. The first-order valence-corrected chi connectivity index (χ1v) is 6.94. The van der Waals surface area contributed by atoms with Crippen LogP contribution in [-0.2, 0) is 17.8 Å². The van der Waals surface area contributed by atoms with Gasteiger partial charge in [-0.15, -0.1) is 5.10 Å². The van der Waals surface area contributed by atoms with Gasteiger partial charge in [-0.3, -0.25) is 0 Å². The quantitative estimate of drug-likeness (QED) is 0.803. The van der Waals surface area contributed by atoms with Gasteiger partial charge < -0.3 is 9.30 Å². The van der Waals surface area contributed by atoms with E-state index in [1.165, 1.54) is 0 Å². The van der Waals surface area contributed by atoms with Gasteiger partial charge in [-0.05, 0) is 34.6 Å². The van der Waals surface area contributed by atoms with Crippen LogP contribution in [0.2, 0.25) is 0 Å². The molecule has 2 aromatic rings. The average Bonchev–Trinajstić information content (AvgIpc) is 2.95. The van der Waals surface area contributed by atoms with Crippen LogP contribution in [-0.4, -0.2) is 36.1 Å². The summed E-state index contributed by atoms with van der Waals surface area (Å²) in [6, 6.07) is 0. The molecule has 114 valence electrons. The van der Waals surface area contributed by atoms with Crippen LogP contribution in [0.5, 0.6) is 0 Å². The van der Waals surface area contributed by atoms with Crippen LogP contribution in [0.25, 0.3) is 0 Å². The van der Waals surface area contributed by atoms with Crippen LogP contribution in [0.4, 0.5) is 0 Å². The maximum Gasteiger partial charge on any atom is 0.361 e. The van der Waals surface area contributed by atoms with E-state index in [-0.39, 0.29) is 5.69 Å². The Morgan fingerprint density at radius 2 is 2.10 bits per heavy atom. The number of esters is 1. The number of hydrogen-bond donors (Lipinski definition) is 0. The standard InChI is InChI=1S/C14H21N5O2/c1-6-18-9-15-7-11(18)8-19-10(2)12(16-17-19)13(20)21-14(3,4)5/h7,9H,6,8H2,1-5H3. The van der Waals surface area contributed by atoms with Gasteiger partial charge in [0, 0.05) is 6.54 Å². The molecule has 7 heteroatoms. The van der Waals surface area contributed by atoms with Crippen molar-refractivity contribution < 1.29 is 9.53 Å². The van der Waals surface area contributed by atoms with Crippen molar-refractivity contribution in [2.75, 3.05) is 0 Å². The Bertz CT molecular complexity index is 636. The summed E-state index contributed by atoms with van der Waals surface area (Å²) >= 11 is 0. The third-order valence-electron chi connectivity index (χ3n) is 3.03. The van der Waals surface area contributed by atoms with Crippen molar-refractivity contribution in [3.05, 3.63) is 29.6 Å². The van der Waals surface area contributed by atoms with Gasteiger partial charge in [-0.25, -0.2) is 14.5 Å². The fourth-order valence-corrected chi connectivity index (χ4v) is 1.94. The molecule has 0 atom stereocenters. The molecule has 0 N–H and O–H groups in total. The van der Waals surface area contributed by atoms with Crippen LogP contribution in [0.1, 0.15) is 49.6 Å². The van der Waals surface area contributed by atoms with Crippen molar-refractivity contribution in [2.24, 2.45) is 0 Å². The first-order chi connectivity index (χ1) is 9.81. The minimum absolute atomic E-state index is 0.257. The molecule has 21 heavy (non-hydrogen) atoms. The molecule has 7 nitrogen and oxygen atoms in total. The van der Waals surface area contributed by atoms with E-state index >= 15 is 0 Å². The average molecular weight is 291 g/mol. The number of imidazole rings is 1. The monoisotopic (exact) mass is 291 g/mol. The van der Waals surface area contributed by atoms with E-state index in [1.54, 1.807) is 17.2 Å². The third-order valence-corrected chi connectivity index (χ3v) is 3.03. The summed E-state index contributed by atoms with van der Waals surface area (Å²) in [5, 5.41) is 7.99. The SMILES string of the molecule is CCn1cncc1Cn1nnc(C(=O)OC(C)(C)C)c1C. The zero-order valence-corrected chi connectivity index (χ0v) is 13.1. The second-order valence-corrected chi connectivity index (χ2v) is 5.85. The van der Waals surface area contributed by atoms with Gasteiger partial charge in [0.1, 0.15) is 5.60 Å². The normalized spacial score (nSPS) is 11.7. The molecule has 0 radical (unpaired) electrons. The smallest absolute Gasteiger partial charge is 0.361 e. The van der Waals surface area contributed by atoms with Crippen LogP contribution in [0, 0.1) is 6.92 Å². The first-order valence-electron chi connectivity index (χ1n) is 6.94. The van der Waals surface area contributed by atoms with Crippen LogP contribution in [0.15, 0.2) is 12.5 Å². The Kier molecular flexibility index (Phi) is 4.11. The van der Waals surface area contributed by atoms with Crippen LogP contribution in [0.3, 0.4) is 0 Å². The van der Waals surface area contributed by atoms with Crippen molar-refractivity contribution in [3.63, 3.8) is 0 Å². The lowest BCUT2D eigenvalue weighted by Crippen LogP contribution is -2.24. The number of aryl methyl sites for hydroxylation is 1. The first kappa shape index (κ1) is 15.2. The van der Waals surface area contributed by atoms with Gasteiger partial charge in [0.15, 0.2) is 5.69 Å². The maximum absolute atomic E-state index is 12.1. The van der Waals surface area contributed by atoms with Gasteiger partial charge >= 0.3 is 5.97 Å². The molecule has 0 spiro atoms. The van der Waals surface area contributed by atoms with Gasteiger partial charge in [-0.1, -0.05) is 5.21 Å². The lowest BCUT2D eigenvalue weighted by atomic mass is 10.2. The molecule has 2 aromatic heterocycles. The second kappa shape index (κ2) is 5.67. The molecule has 0 aliphatic carbocycles. The number of carbonyl (C=O) groups is 1. The minimum Gasteiger partial charge on any atom is -0.455 e. The number of rotatable bonds is 4. The topological polar surface area (TPSA) is 74.8 Å². The summed E-state index contributed by atoms with van der Waals surface area (Å²) in [5.74, 6) is -0.449. The molecule has 2 heterocycles. The second-order valence-electron chi connectivity index (χ2n) is 5.85. The Labute approximate surface area is 123 Å². The molecular weight excluding hydrogens is 270 g/mol. The Hall–Kier alpha value is -2.18. The summed E-state index contributed by atoms with van der Waals surface area (Å²) < 4.78 is 9.03. The zero-order valence-electron chi connectivity index (χ0n) is 13.1. The number of nitrogens with zero attached hydrogens (tertiary/aromatic N) is 5. The minimum atomic E-state index is -0.547. The highest BCUT2D eigenvalue weighted by atomic mass is 16.6. The fraction of sp³-hybridized carbons (Fsp3) is 0.571. The summed E-state index contributed by atoms with van der Waals surface area (Å²) in [6.07, 6.45) is 3.56. The number of carbonyl (C=O) groups excluding carboxylic acids is 1. The van der Waals surface area contributed by atoms with Gasteiger partial charge in [0.25, 0.3) is 0 Å². The molecule has 0 amide bonds. The van der Waals surface area contributed by atoms with Crippen LogP contribution >= 0.6 is 0 Å². The van der Waals surface area contributed by atoms with E-state index < -0.39 is 11.6 Å². The number of ether oxygens (including phenoxy) is 1. The van der Waals surface area contributed by atoms with Gasteiger partial charge in [0.2, 0.25) is 0 Å². The van der Waals surface area contributed by atoms with Crippen molar-refractivity contribution in [1.29, 1.82) is 0 Å². The molecule has 0 aromatic carbocycles. The predicted octanol–water partition coefficient (Wildman–Crippen LogP) is 1.81. The van der Waals surface area contributed by atoms with Crippen molar-refractivity contribution >= 4 is 5.97 Å². The summed E-state index contributed by atoms with van der Waals surface area (Å²) in [5.41, 5.74) is 1.41. The third kappa shape index (κ3) is 3.48. The molecule has 0 fully saturated rings. The number of hydrogen-bond acceptors (Lipinski definition) is 5. The Balaban J connectivity index is 2.19. The van der Waals surface area contributed by atoms with Gasteiger partial charge in [0.05, 0.1) is 30.5 Å². The molecule has 0 unspecified atom stereocenters. The molecule has 0 bridgehead atoms. The molecule has 2 rings (SSSR count). The summed E-state index contributed by atoms with van der Waals surface area (Å²) in [4.78, 5) is 16.2.